The molecule has 0 aliphatic carbocycles. The number of aromatic nitrogens is 1. The van der Waals surface area contributed by atoms with Crippen molar-refractivity contribution >= 4 is 39.8 Å². The molecular weight excluding hydrogens is 336 g/mol. The lowest BCUT2D eigenvalue weighted by atomic mass is 10.1. The van der Waals surface area contributed by atoms with Crippen molar-refractivity contribution in [1.82, 2.24) is 4.98 Å². The molecule has 2 aromatic carbocycles. The molecule has 0 unspecified atom stereocenters. The first-order valence-corrected chi connectivity index (χ1v) is 8.06. The first kappa shape index (κ1) is 15.6. The minimum atomic E-state index is -0.618. The number of nitro groups is 1. The lowest BCUT2D eigenvalue weighted by molar-refractivity contribution is -0.384. The molecule has 0 amide bonds. The molecule has 0 saturated heterocycles. The van der Waals surface area contributed by atoms with Crippen LogP contribution < -0.4 is 0 Å². The number of nitrogens with zero attached hydrogens (tertiary/aromatic N) is 2. The zero-order chi connectivity index (χ0) is 16.4. The Hall–Kier alpha value is -2.31. The Morgan fingerprint density at radius 3 is 2.48 bits per heavy atom. The largest absolute Gasteiger partial charge is 0.488 e. The number of fused-ring (bicyclic) bond motifs is 1. The van der Waals surface area contributed by atoms with Crippen LogP contribution in [0.4, 0.5) is 5.69 Å². The van der Waals surface area contributed by atoms with Crippen LogP contribution in [0.15, 0.2) is 53.6 Å². The van der Waals surface area contributed by atoms with Crippen molar-refractivity contribution in [3.05, 3.63) is 69.2 Å². The Kier molecular flexibility index (Phi) is 4.36. The highest BCUT2D eigenvalue weighted by Crippen LogP contribution is 2.39. The van der Waals surface area contributed by atoms with Crippen LogP contribution in [-0.4, -0.2) is 15.0 Å². The van der Waals surface area contributed by atoms with Crippen molar-refractivity contribution in [1.29, 1.82) is 0 Å². The van der Waals surface area contributed by atoms with Gasteiger partial charge in [0.25, 0.3) is 5.88 Å². The zero-order valence-corrected chi connectivity index (χ0v) is 13.3. The summed E-state index contributed by atoms with van der Waals surface area (Å²) in [5, 5.41) is 23.3. The molecule has 116 valence electrons. The van der Waals surface area contributed by atoms with Crippen LogP contribution in [0.3, 0.4) is 0 Å². The van der Waals surface area contributed by atoms with E-state index in [4.69, 9.17) is 11.6 Å². The Bertz CT molecular complexity index is 902. The van der Waals surface area contributed by atoms with E-state index in [1.165, 1.54) is 11.8 Å². The highest BCUT2D eigenvalue weighted by Gasteiger charge is 2.22. The van der Waals surface area contributed by atoms with Crippen LogP contribution in [0.25, 0.3) is 10.8 Å². The van der Waals surface area contributed by atoms with E-state index in [2.05, 4.69) is 4.98 Å². The van der Waals surface area contributed by atoms with Gasteiger partial charge in [-0.1, -0.05) is 48.0 Å². The molecule has 0 aliphatic heterocycles. The fourth-order valence-corrected chi connectivity index (χ4v) is 3.57. The first-order chi connectivity index (χ1) is 11.1. The topological polar surface area (TPSA) is 76.3 Å². The van der Waals surface area contributed by atoms with Gasteiger partial charge in [0.05, 0.1) is 10.3 Å². The second-order valence-electron chi connectivity index (χ2n) is 4.77. The molecule has 0 fully saturated rings. The fourth-order valence-electron chi connectivity index (χ4n) is 2.26. The van der Waals surface area contributed by atoms with Gasteiger partial charge in [-0.2, -0.15) is 0 Å². The Morgan fingerprint density at radius 1 is 1.13 bits per heavy atom. The van der Waals surface area contributed by atoms with E-state index in [1.807, 2.05) is 18.2 Å². The third-order valence-corrected chi connectivity index (χ3v) is 4.75. The van der Waals surface area contributed by atoms with Crippen molar-refractivity contribution in [3.8, 4) is 5.88 Å². The quantitative estimate of drug-likeness (QED) is 0.417. The molecule has 1 aromatic heterocycles. The molecule has 23 heavy (non-hydrogen) atoms. The van der Waals surface area contributed by atoms with Crippen LogP contribution in [0.5, 0.6) is 5.88 Å². The smallest absolute Gasteiger partial charge is 0.338 e. The van der Waals surface area contributed by atoms with Gasteiger partial charge in [-0.3, -0.25) is 10.1 Å². The second-order valence-corrected chi connectivity index (χ2v) is 6.14. The van der Waals surface area contributed by atoms with Crippen LogP contribution in [0.2, 0.25) is 5.02 Å². The summed E-state index contributed by atoms with van der Waals surface area (Å²) in [7, 11) is 0. The summed E-state index contributed by atoms with van der Waals surface area (Å²) < 4.78 is 0. The second kappa shape index (κ2) is 6.44. The minimum absolute atomic E-state index is 0.367. The van der Waals surface area contributed by atoms with Gasteiger partial charge in [0.15, 0.2) is 0 Å². The Labute approximate surface area is 141 Å². The normalized spacial score (nSPS) is 10.8. The summed E-state index contributed by atoms with van der Waals surface area (Å²) in [4.78, 5) is 14.5. The molecule has 7 heteroatoms. The van der Waals surface area contributed by atoms with Crippen molar-refractivity contribution in [2.45, 2.75) is 10.8 Å². The van der Waals surface area contributed by atoms with E-state index in [9.17, 15) is 15.2 Å². The predicted molar refractivity (Wildman–Crippen MR) is 91.1 cm³/mol. The third kappa shape index (κ3) is 3.09. The van der Waals surface area contributed by atoms with Gasteiger partial charge in [-0.25, -0.2) is 4.98 Å². The number of thioether (sulfide) groups is 1. The van der Waals surface area contributed by atoms with Gasteiger partial charge >= 0.3 is 5.69 Å². The average molecular weight is 347 g/mol. The van der Waals surface area contributed by atoms with Crippen molar-refractivity contribution in [3.63, 3.8) is 0 Å². The van der Waals surface area contributed by atoms with Gasteiger partial charge in [0.1, 0.15) is 5.03 Å². The highest BCUT2D eigenvalue weighted by molar-refractivity contribution is 7.98. The van der Waals surface area contributed by atoms with Crippen LogP contribution >= 0.6 is 23.4 Å². The minimum Gasteiger partial charge on any atom is -0.488 e. The molecule has 0 spiro atoms. The zero-order valence-electron chi connectivity index (χ0n) is 11.8. The number of aromatic hydroxyl groups is 1. The highest BCUT2D eigenvalue weighted by atomic mass is 35.5. The SMILES string of the molecule is O=[N+]([O-])c1c(O)nc(SCc2ccccc2Cl)c2ccccc12. The number of benzene rings is 2. The maximum absolute atomic E-state index is 11.2. The number of halogens is 1. The van der Waals surface area contributed by atoms with Crippen LogP contribution in [-0.2, 0) is 5.75 Å². The maximum Gasteiger partial charge on any atom is 0.338 e. The predicted octanol–water partition coefficient (Wildman–Crippen LogP) is 4.79. The van der Waals surface area contributed by atoms with Gasteiger partial charge in [-0.05, 0) is 17.7 Å². The molecule has 1 N–H and O–H groups in total. The summed E-state index contributed by atoms with van der Waals surface area (Å²) in [6.45, 7) is 0. The Balaban J connectivity index is 2.03. The molecule has 0 aliphatic rings. The molecule has 0 bridgehead atoms. The number of pyridine rings is 1. The standard InChI is InChI=1S/C16H11ClN2O3S/c17-13-8-4-1-5-10(13)9-23-16-12-7-3-2-6-11(12)14(19(21)22)15(20)18-16/h1-8H,9H2,(H,18,20). The molecule has 0 saturated carbocycles. The lowest BCUT2D eigenvalue weighted by Gasteiger charge is -2.08. The fraction of sp³-hybridized carbons (Fsp3) is 0.0625. The molecule has 3 rings (SSSR count). The van der Waals surface area contributed by atoms with E-state index in [1.54, 1.807) is 30.3 Å². The van der Waals surface area contributed by atoms with Gasteiger partial charge < -0.3 is 5.11 Å². The van der Waals surface area contributed by atoms with E-state index in [0.717, 1.165) is 5.56 Å². The number of hydrogen-bond donors (Lipinski definition) is 1. The van der Waals surface area contributed by atoms with Crippen molar-refractivity contribution in [2.24, 2.45) is 0 Å². The molecule has 0 radical (unpaired) electrons. The molecule has 1 heterocycles. The van der Waals surface area contributed by atoms with E-state index in [-0.39, 0.29) is 5.69 Å². The number of rotatable bonds is 4. The molecule has 0 atom stereocenters. The maximum atomic E-state index is 11.2. The summed E-state index contributed by atoms with van der Waals surface area (Å²) in [5.74, 6) is -0.0242. The monoisotopic (exact) mass is 346 g/mol. The van der Waals surface area contributed by atoms with Crippen LogP contribution in [0, 0.1) is 10.1 Å². The van der Waals surface area contributed by atoms with Gasteiger partial charge in [0.2, 0.25) is 0 Å². The summed E-state index contributed by atoms with van der Waals surface area (Å²) in [6.07, 6.45) is 0. The van der Waals surface area contributed by atoms with Gasteiger partial charge in [0, 0.05) is 16.2 Å². The van der Waals surface area contributed by atoms with Crippen molar-refractivity contribution < 1.29 is 10.0 Å². The number of hydrogen-bond acceptors (Lipinski definition) is 5. The molecule has 3 aromatic rings. The first-order valence-electron chi connectivity index (χ1n) is 6.70. The average Bonchev–Trinajstić information content (AvgIpc) is 2.53. The van der Waals surface area contributed by atoms with Crippen molar-refractivity contribution in [2.75, 3.05) is 0 Å². The van der Waals surface area contributed by atoms with Crippen LogP contribution in [0.1, 0.15) is 5.56 Å². The summed E-state index contributed by atoms with van der Waals surface area (Å²) in [6, 6.07) is 14.3. The van der Waals surface area contributed by atoms with E-state index >= 15 is 0 Å². The Morgan fingerprint density at radius 2 is 1.78 bits per heavy atom. The molecular formula is C16H11ClN2O3S. The third-order valence-electron chi connectivity index (χ3n) is 3.34. The molecule has 5 nitrogen and oxygen atoms in total. The summed E-state index contributed by atoms with van der Waals surface area (Å²) in [5.41, 5.74) is 0.561. The van der Waals surface area contributed by atoms with E-state index < -0.39 is 10.8 Å². The van der Waals surface area contributed by atoms with E-state index in [0.29, 0.717) is 26.6 Å². The van der Waals surface area contributed by atoms with Gasteiger partial charge in [-0.15, -0.1) is 11.8 Å². The lowest BCUT2D eigenvalue weighted by Crippen LogP contribution is -1.95. The summed E-state index contributed by atoms with van der Waals surface area (Å²) >= 11 is 7.51.